The fraction of sp³-hybridized carbons (Fsp3) is 0.364. The van der Waals surface area contributed by atoms with Crippen molar-refractivity contribution in [1.29, 1.82) is 0 Å². The first-order valence-corrected chi connectivity index (χ1v) is 4.24. The number of nitrogens with zero attached hydrogens (tertiary/aromatic N) is 1. The van der Waals surface area contributed by atoms with E-state index in [0.717, 1.165) is 0 Å². The molecule has 0 spiro atoms. The van der Waals surface area contributed by atoms with Gasteiger partial charge < -0.3 is 0 Å². The van der Waals surface area contributed by atoms with Gasteiger partial charge in [-0.15, -0.1) is 0 Å². The van der Waals surface area contributed by atoms with E-state index in [1.165, 1.54) is 11.3 Å². The minimum Gasteiger partial charge on any atom is -0.297 e. The van der Waals surface area contributed by atoms with Crippen LogP contribution in [0.2, 0.25) is 0 Å². The maximum Gasteiger partial charge on any atom is 0.0276 e. The van der Waals surface area contributed by atoms with Crippen molar-refractivity contribution in [1.82, 2.24) is 0 Å². The quantitative estimate of drug-likeness (QED) is 0.591. The van der Waals surface area contributed by atoms with Gasteiger partial charge in [0.25, 0.3) is 0 Å². The fourth-order valence-corrected chi connectivity index (χ4v) is 1.18. The van der Waals surface area contributed by atoms with Crippen LogP contribution in [0.1, 0.15) is 25.3 Å². The molecule has 0 saturated carbocycles. The zero-order valence-corrected chi connectivity index (χ0v) is 7.91. The topological polar surface area (TPSA) is 12.4 Å². The van der Waals surface area contributed by atoms with Crippen molar-refractivity contribution >= 4 is 5.71 Å². The highest BCUT2D eigenvalue weighted by atomic mass is 14.7. The third-order valence-corrected chi connectivity index (χ3v) is 2.28. The Hall–Kier alpha value is -1.11. The number of hydrogen-bond donors (Lipinski definition) is 0. The molecule has 12 heavy (non-hydrogen) atoms. The number of benzene rings is 1. The molecule has 0 bridgehead atoms. The zero-order chi connectivity index (χ0) is 8.97. The third kappa shape index (κ3) is 1.94. The number of hydrogen-bond acceptors (Lipinski definition) is 1. The predicted molar refractivity (Wildman–Crippen MR) is 53.9 cm³/mol. The second-order valence-electron chi connectivity index (χ2n) is 3.00. The summed E-state index contributed by atoms with van der Waals surface area (Å²) in [5.41, 5.74) is 2.52. The van der Waals surface area contributed by atoms with Gasteiger partial charge in [0.15, 0.2) is 0 Å². The second kappa shape index (κ2) is 4.05. The highest BCUT2D eigenvalue weighted by molar-refractivity contribution is 5.88. The second-order valence-corrected chi connectivity index (χ2v) is 3.00. The van der Waals surface area contributed by atoms with Gasteiger partial charge in [-0.25, -0.2) is 0 Å². The van der Waals surface area contributed by atoms with E-state index in [4.69, 9.17) is 0 Å². The fourth-order valence-electron chi connectivity index (χ4n) is 1.18. The van der Waals surface area contributed by atoms with E-state index in [2.05, 4.69) is 43.1 Å². The normalized spacial score (nSPS) is 14.4. The Bertz CT molecular complexity index is 262. The van der Waals surface area contributed by atoms with Gasteiger partial charge >= 0.3 is 0 Å². The minimum atomic E-state index is 0.441. The molecule has 1 nitrogen and oxygen atoms in total. The molecule has 0 aliphatic carbocycles. The van der Waals surface area contributed by atoms with Crippen LogP contribution in [0.3, 0.4) is 0 Å². The largest absolute Gasteiger partial charge is 0.297 e. The summed E-state index contributed by atoms with van der Waals surface area (Å²) in [6.07, 6.45) is 0. The van der Waals surface area contributed by atoms with Crippen molar-refractivity contribution in [2.45, 2.75) is 19.8 Å². The van der Waals surface area contributed by atoms with Gasteiger partial charge in [-0.2, -0.15) is 0 Å². The Morgan fingerprint density at radius 3 is 2.33 bits per heavy atom. The maximum absolute atomic E-state index is 4.18. The standard InChI is InChI=1S/C11H15N/c1-9(10(2)12-3)11-7-5-4-6-8-11/h4-9H,1-3H3/b12-10+. The van der Waals surface area contributed by atoms with Crippen molar-refractivity contribution in [3.05, 3.63) is 35.9 Å². The number of rotatable bonds is 2. The third-order valence-electron chi connectivity index (χ3n) is 2.28. The first-order chi connectivity index (χ1) is 5.75. The van der Waals surface area contributed by atoms with E-state index >= 15 is 0 Å². The Morgan fingerprint density at radius 1 is 1.25 bits per heavy atom. The van der Waals surface area contributed by atoms with Crippen molar-refractivity contribution < 1.29 is 0 Å². The summed E-state index contributed by atoms with van der Waals surface area (Å²) >= 11 is 0. The zero-order valence-electron chi connectivity index (χ0n) is 7.91. The van der Waals surface area contributed by atoms with Gasteiger partial charge in [-0.3, -0.25) is 4.99 Å². The van der Waals surface area contributed by atoms with Crippen molar-refractivity contribution in [3.63, 3.8) is 0 Å². The van der Waals surface area contributed by atoms with E-state index in [9.17, 15) is 0 Å². The van der Waals surface area contributed by atoms with Gasteiger partial charge in [0.05, 0.1) is 0 Å². The predicted octanol–water partition coefficient (Wildman–Crippen LogP) is 2.88. The van der Waals surface area contributed by atoms with Gasteiger partial charge in [0, 0.05) is 18.7 Å². The summed E-state index contributed by atoms with van der Waals surface area (Å²) in [5, 5.41) is 0. The summed E-state index contributed by atoms with van der Waals surface area (Å²) in [4.78, 5) is 4.18. The molecule has 0 N–H and O–H groups in total. The van der Waals surface area contributed by atoms with Crippen LogP contribution in [0.5, 0.6) is 0 Å². The summed E-state index contributed by atoms with van der Waals surface area (Å²) < 4.78 is 0. The lowest BCUT2D eigenvalue weighted by atomic mass is 9.97. The van der Waals surface area contributed by atoms with Gasteiger partial charge in [-0.05, 0) is 12.5 Å². The van der Waals surface area contributed by atoms with Crippen LogP contribution in [0.15, 0.2) is 35.3 Å². The first-order valence-electron chi connectivity index (χ1n) is 4.24. The SMILES string of the molecule is C/N=C(\C)C(C)c1ccccc1. The average molecular weight is 161 g/mol. The average Bonchev–Trinajstić information content (AvgIpc) is 2.17. The molecular formula is C11H15N. The van der Waals surface area contributed by atoms with Gasteiger partial charge in [-0.1, -0.05) is 37.3 Å². The Morgan fingerprint density at radius 2 is 1.83 bits per heavy atom. The maximum atomic E-state index is 4.18. The van der Waals surface area contributed by atoms with Crippen LogP contribution >= 0.6 is 0 Å². The smallest absolute Gasteiger partial charge is 0.0276 e. The molecule has 1 rings (SSSR count). The summed E-state index contributed by atoms with van der Waals surface area (Å²) in [5.74, 6) is 0.441. The van der Waals surface area contributed by atoms with E-state index in [-0.39, 0.29) is 0 Å². The summed E-state index contributed by atoms with van der Waals surface area (Å²) in [6, 6.07) is 10.4. The molecule has 0 aliphatic rings. The van der Waals surface area contributed by atoms with Crippen LogP contribution in [-0.2, 0) is 0 Å². The van der Waals surface area contributed by atoms with Crippen LogP contribution < -0.4 is 0 Å². The Balaban J connectivity index is 2.86. The molecule has 64 valence electrons. The van der Waals surface area contributed by atoms with Gasteiger partial charge in [0.1, 0.15) is 0 Å². The molecule has 1 heteroatoms. The summed E-state index contributed by atoms with van der Waals surface area (Å²) in [6.45, 7) is 4.25. The molecule has 0 aromatic heterocycles. The summed E-state index contributed by atoms with van der Waals surface area (Å²) in [7, 11) is 1.84. The van der Waals surface area contributed by atoms with Crippen LogP contribution in [-0.4, -0.2) is 12.8 Å². The van der Waals surface area contributed by atoms with E-state index in [1.807, 2.05) is 13.1 Å². The van der Waals surface area contributed by atoms with E-state index in [1.54, 1.807) is 0 Å². The Labute approximate surface area is 74.2 Å². The van der Waals surface area contributed by atoms with Crippen molar-refractivity contribution in [2.75, 3.05) is 7.05 Å². The molecule has 0 radical (unpaired) electrons. The molecule has 1 unspecified atom stereocenters. The monoisotopic (exact) mass is 161 g/mol. The first kappa shape index (κ1) is 8.98. The van der Waals surface area contributed by atoms with Crippen LogP contribution in [0.4, 0.5) is 0 Å². The lowest BCUT2D eigenvalue weighted by Crippen LogP contribution is -2.04. The Kier molecular flexibility index (Phi) is 3.03. The highest BCUT2D eigenvalue weighted by Gasteiger charge is 2.06. The van der Waals surface area contributed by atoms with Crippen LogP contribution in [0, 0.1) is 0 Å². The minimum absolute atomic E-state index is 0.441. The van der Waals surface area contributed by atoms with E-state index < -0.39 is 0 Å². The highest BCUT2D eigenvalue weighted by Crippen LogP contribution is 2.15. The molecule has 0 saturated heterocycles. The van der Waals surface area contributed by atoms with Crippen molar-refractivity contribution in [2.24, 2.45) is 4.99 Å². The number of aliphatic imine (C=N–C) groups is 1. The molecule has 0 heterocycles. The van der Waals surface area contributed by atoms with Gasteiger partial charge in [0.2, 0.25) is 0 Å². The van der Waals surface area contributed by atoms with Crippen LogP contribution in [0.25, 0.3) is 0 Å². The lowest BCUT2D eigenvalue weighted by Gasteiger charge is -2.10. The molecule has 0 fully saturated rings. The molecule has 1 aromatic carbocycles. The van der Waals surface area contributed by atoms with E-state index in [0.29, 0.717) is 5.92 Å². The molecular weight excluding hydrogens is 146 g/mol. The molecule has 0 amide bonds. The molecule has 1 aromatic rings. The van der Waals surface area contributed by atoms with Crippen molar-refractivity contribution in [3.8, 4) is 0 Å². The lowest BCUT2D eigenvalue weighted by molar-refractivity contribution is 1.01. The molecule has 0 aliphatic heterocycles. The molecule has 1 atom stereocenters.